The van der Waals surface area contributed by atoms with E-state index in [1.807, 2.05) is 12.1 Å². The van der Waals surface area contributed by atoms with Crippen LogP contribution in [-0.2, 0) is 6.54 Å². The lowest BCUT2D eigenvalue weighted by Gasteiger charge is -2.20. The van der Waals surface area contributed by atoms with Gasteiger partial charge < -0.3 is 10.5 Å². The summed E-state index contributed by atoms with van der Waals surface area (Å²) in [4.78, 5) is 2.43. The molecule has 0 aliphatic rings. The van der Waals surface area contributed by atoms with Crippen molar-refractivity contribution in [1.29, 1.82) is 0 Å². The molecular formula is C16H26N2O. The smallest absolute Gasteiger partial charge is 0.119 e. The fourth-order valence-electron chi connectivity index (χ4n) is 1.97. The molecule has 3 nitrogen and oxygen atoms in total. The monoisotopic (exact) mass is 262 g/mol. The molecule has 0 atom stereocenters. The number of allylic oxidation sites excluding steroid dienone is 1. The van der Waals surface area contributed by atoms with E-state index in [4.69, 9.17) is 10.5 Å². The van der Waals surface area contributed by atoms with Gasteiger partial charge in [-0.2, -0.15) is 0 Å². The highest BCUT2D eigenvalue weighted by molar-refractivity contribution is 5.28. The van der Waals surface area contributed by atoms with Crippen LogP contribution in [-0.4, -0.2) is 31.1 Å². The van der Waals surface area contributed by atoms with Crippen LogP contribution in [0.5, 0.6) is 5.75 Å². The summed E-state index contributed by atoms with van der Waals surface area (Å²) in [5.41, 5.74) is 6.73. The molecule has 0 amide bonds. The van der Waals surface area contributed by atoms with Crippen molar-refractivity contribution in [3.05, 3.63) is 42.0 Å². The number of rotatable bonds is 9. The minimum atomic E-state index is 0.549. The third kappa shape index (κ3) is 6.41. The van der Waals surface area contributed by atoms with Crippen LogP contribution < -0.4 is 10.5 Å². The quantitative estimate of drug-likeness (QED) is 0.695. The van der Waals surface area contributed by atoms with Crippen molar-refractivity contribution in [3.8, 4) is 5.75 Å². The molecular weight excluding hydrogens is 236 g/mol. The first kappa shape index (κ1) is 15.7. The van der Waals surface area contributed by atoms with Gasteiger partial charge in [0.25, 0.3) is 0 Å². The minimum Gasteiger partial charge on any atom is -0.492 e. The summed E-state index contributed by atoms with van der Waals surface area (Å²) in [7, 11) is 0. The average Bonchev–Trinajstić information content (AvgIpc) is 2.43. The van der Waals surface area contributed by atoms with Gasteiger partial charge in [0.2, 0.25) is 0 Å². The molecule has 0 bridgehead atoms. The summed E-state index contributed by atoms with van der Waals surface area (Å²) in [6, 6.07) is 8.28. The normalized spacial score (nSPS) is 11.4. The van der Waals surface area contributed by atoms with Gasteiger partial charge in [-0.3, -0.25) is 4.90 Å². The van der Waals surface area contributed by atoms with E-state index in [0.717, 1.165) is 25.4 Å². The third-order valence-electron chi connectivity index (χ3n) is 2.83. The summed E-state index contributed by atoms with van der Waals surface area (Å²) in [6.07, 6.45) is 5.47. The predicted molar refractivity (Wildman–Crippen MR) is 81.4 cm³/mol. The second kappa shape index (κ2) is 9.59. The van der Waals surface area contributed by atoms with Crippen LogP contribution in [0.2, 0.25) is 0 Å². The first-order valence-electron chi connectivity index (χ1n) is 7.05. The standard InChI is InChI=1S/C16H26N2O/c1-3-5-11-18(10-4-2)14-15-7-6-8-16(13-15)19-12-9-17/h3,5-8,13H,4,9-12,14,17H2,1-2H3/b5-3+. The third-order valence-corrected chi connectivity index (χ3v) is 2.83. The number of hydrogen-bond donors (Lipinski definition) is 1. The molecule has 1 aromatic rings. The van der Waals surface area contributed by atoms with Crippen LogP contribution in [0, 0.1) is 0 Å². The number of benzene rings is 1. The molecule has 0 aliphatic carbocycles. The van der Waals surface area contributed by atoms with Gasteiger partial charge in [0.1, 0.15) is 12.4 Å². The van der Waals surface area contributed by atoms with Crippen LogP contribution in [0.3, 0.4) is 0 Å². The number of ether oxygens (including phenoxy) is 1. The fraction of sp³-hybridized carbons (Fsp3) is 0.500. The lowest BCUT2D eigenvalue weighted by Crippen LogP contribution is -2.24. The molecule has 2 N–H and O–H groups in total. The highest BCUT2D eigenvalue weighted by atomic mass is 16.5. The zero-order valence-electron chi connectivity index (χ0n) is 12.1. The van der Waals surface area contributed by atoms with E-state index in [1.165, 1.54) is 12.0 Å². The molecule has 19 heavy (non-hydrogen) atoms. The molecule has 1 aromatic carbocycles. The Kier molecular flexibility index (Phi) is 7.94. The Labute approximate surface area is 117 Å². The Morgan fingerprint density at radius 2 is 2.21 bits per heavy atom. The van der Waals surface area contributed by atoms with Crippen molar-refractivity contribution >= 4 is 0 Å². The van der Waals surface area contributed by atoms with Crippen molar-refractivity contribution < 1.29 is 4.74 Å². The van der Waals surface area contributed by atoms with E-state index in [9.17, 15) is 0 Å². The highest BCUT2D eigenvalue weighted by Crippen LogP contribution is 2.15. The van der Waals surface area contributed by atoms with Crippen LogP contribution in [0.25, 0.3) is 0 Å². The second-order valence-corrected chi connectivity index (χ2v) is 4.59. The SMILES string of the molecule is C/C=C/CN(CCC)Cc1cccc(OCCN)c1. The maximum atomic E-state index is 5.56. The summed E-state index contributed by atoms with van der Waals surface area (Å²) in [5, 5.41) is 0. The maximum absolute atomic E-state index is 5.56. The van der Waals surface area contributed by atoms with Crippen molar-refractivity contribution in [3.63, 3.8) is 0 Å². The molecule has 0 saturated heterocycles. The first-order chi connectivity index (χ1) is 9.30. The second-order valence-electron chi connectivity index (χ2n) is 4.59. The molecule has 3 heteroatoms. The highest BCUT2D eigenvalue weighted by Gasteiger charge is 2.04. The van der Waals surface area contributed by atoms with Crippen LogP contribution in [0.1, 0.15) is 25.8 Å². The average molecular weight is 262 g/mol. The maximum Gasteiger partial charge on any atom is 0.119 e. The van der Waals surface area contributed by atoms with E-state index in [1.54, 1.807) is 0 Å². The molecule has 0 saturated carbocycles. The summed E-state index contributed by atoms with van der Waals surface area (Å²) in [5.74, 6) is 0.908. The van der Waals surface area contributed by atoms with Crippen molar-refractivity contribution in [1.82, 2.24) is 4.90 Å². The minimum absolute atomic E-state index is 0.549. The Bertz CT molecular complexity index is 377. The molecule has 0 unspecified atom stereocenters. The van der Waals surface area contributed by atoms with Gasteiger partial charge in [0.15, 0.2) is 0 Å². The lowest BCUT2D eigenvalue weighted by molar-refractivity contribution is 0.293. The van der Waals surface area contributed by atoms with Gasteiger partial charge in [-0.25, -0.2) is 0 Å². The van der Waals surface area contributed by atoms with Gasteiger partial charge in [-0.05, 0) is 37.6 Å². The van der Waals surface area contributed by atoms with Gasteiger partial charge >= 0.3 is 0 Å². The van der Waals surface area contributed by atoms with Gasteiger partial charge in [0, 0.05) is 19.6 Å². The molecule has 0 radical (unpaired) electrons. The Morgan fingerprint density at radius 3 is 2.89 bits per heavy atom. The summed E-state index contributed by atoms with van der Waals surface area (Å²) < 4.78 is 5.56. The summed E-state index contributed by atoms with van der Waals surface area (Å²) in [6.45, 7) is 8.46. The number of nitrogens with two attached hydrogens (primary N) is 1. The van der Waals surface area contributed by atoms with E-state index in [0.29, 0.717) is 13.2 Å². The molecule has 0 spiro atoms. The Morgan fingerprint density at radius 1 is 1.37 bits per heavy atom. The molecule has 0 aromatic heterocycles. The van der Waals surface area contributed by atoms with E-state index < -0.39 is 0 Å². The molecule has 106 valence electrons. The van der Waals surface area contributed by atoms with Gasteiger partial charge in [-0.15, -0.1) is 0 Å². The van der Waals surface area contributed by atoms with E-state index >= 15 is 0 Å². The number of hydrogen-bond acceptors (Lipinski definition) is 3. The van der Waals surface area contributed by atoms with Crippen molar-refractivity contribution in [2.45, 2.75) is 26.8 Å². The molecule has 1 rings (SSSR count). The Hall–Kier alpha value is -1.32. The first-order valence-corrected chi connectivity index (χ1v) is 7.05. The molecule has 0 aliphatic heterocycles. The number of nitrogens with zero attached hydrogens (tertiary/aromatic N) is 1. The Balaban J connectivity index is 2.61. The van der Waals surface area contributed by atoms with Crippen LogP contribution in [0.4, 0.5) is 0 Å². The van der Waals surface area contributed by atoms with Crippen molar-refractivity contribution in [2.24, 2.45) is 5.73 Å². The molecule has 0 heterocycles. The summed E-state index contributed by atoms with van der Waals surface area (Å²) >= 11 is 0. The van der Waals surface area contributed by atoms with Gasteiger partial charge in [0.05, 0.1) is 0 Å². The van der Waals surface area contributed by atoms with Gasteiger partial charge in [-0.1, -0.05) is 31.2 Å². The van der Waals surface area contributed by atoms with Crippen LogP contribution >= 0.6 is 0 Å². The van der Waals surface area contributed by atoms with E-state index in [2.05, 4.69) is 43.0 Å². The molecule has 0 fully saturated rings. The topological polar surface area (TPSA) is 38.5 Å². The van der Waals surface area contributed by atoms with Crippen LogP contribution in [0.15, 0.2) is 36.4 Å². The van der Waals surface area contributed by atoms with Crippen molar-refractivity contribution in [2.75, 3.05) is 26.2 Å². The largest absolute Gasteiger partial charge is 0.492 e. The lowest BCUT2D eigenvalue weighted by atomic mass is 10.2. The fourth-order valence-corrected chi connectivity index (χ4v) is 1.97. The predicted octanol–water partition coefficient (Wildman–Crippen LogP) is 2.81. The zero-order chi connectivity index (χ0) is 13.9. The zero-order valence-corrected chi connectivity index (χ0v) is 12.1. The van der Waals surface area contributed by atoms with E-state index in [-0.39, 0.29) is 0 Å².